The quantitative estimate of drug-likeness (QED) is 0.0259. The van der Waals surface area contributed by atoms with E-state index in [4.69, 9.17) is 28.9 Å². The van der Waals surface area contributed by atoms with Gasteiger partial charge in [0.2, 0.25) is 11.7 Å². The Morgan fingerprint density at radius 3 is 2.39 bits per heavy atom. The van der Waals surface area contributed by atoms with Crippen LogP contribution >= 0.6 is 0 Å². The van der Waals surface area contributed by atoms with Crippen LogP contribution in [0.3, 0.4) is 0 Å². The molecule has 6 atom stereocenters. The molecule has 6 rings (SSSR count). The summed E-state index contributed by atoms with van der Waals surface area (Å²) in [6.07, 6.45) is 11.6. The number of carbonyl (C=O) groups excluding carboxylic acids is 1. The normalized spacial score (nSPS) is 22.9. The molecule has 14 nitrogen and oxygen atoms in total. The van der Waals surface area contributed by atoms with E-state index in [1.807, 2.05) is 37.3 Å². The van der Waals surface area contributed by atoms with Gasteiger partial charge in [0.1, 0.15) is 29.9 Å². The van der Waals surface area contributed by atoms with Gasteiger partial charge in [-0.15, -0.1) is 6.58 Å². The molecule has 344 valence electrons. The minimum atomic E-state index is -1.50. The van der Waals surface area contributed by atoms with Crippen LogP contribution in [0.4, 0.5) is 5.69 Å². The first-order chi connectivity index (χ1) is 31.1. The maximum Gasteiger partial charge on any atom is 0.269 e. The van der Waals surface area contributed by atoms with E-state index in [2.05, 4.69) is 32.6 Å². The Morgan fingerprint density at radius 2 is 1.70 bits per heavy atom. The van der Waals surface area contributed by atoms with E-state index >= 15 is 0 Å². The lowest BCUT2D eigenvalue weighted by molar-refractivity contribution is -0.384. The van der Waals surface area contributed by atoms with Crippen LogP contribution in [0.2, 0.25) is 0 Å². The molecule has 0 spiro atoms. The second-order valence-corrected chi connectivity index (χ2v) is 16.6. The van der Waals surface area contributed by atoms with Gasteiger partial charge in [-0.2, -0.15) is 0 Å². The monoisotopic (exact) mass is 881 g/mol. The number of aliphatic hydroxyl groups is 3. The molecular weight excluding hydrogens is 819 g/mol. The fourth-order valence-corrected chi connectivity index (χ4v) is 9.49. The number of fused-ring (bicyclic) bond motifs is 2. The van der Waals surface area contributed by atoms with E-state index in [-0.39, 0.29) is 82.0 Å². The zero-order chi connectivity index (χ0) is 45.6. The molecule has 0 aromatic heterocycles. The Balaban J connectivity index is 1.56. The van der Waals surface area contributed by atoms with Crippen molar-refractivity contribution in [2.75, 3.05) is 52.8 Å². The Morgan fingerprint density at radius 1 is 0.969 bits per heavy atom. The summed E-state index contributed by atoms with van der Waals surface area (Å²) >= 11 is 0. The molecule has 2 aliphatic carbocycles. The number of aryl methyl sites for hydroxylation is 2. The van der Waals surface area contributed by atoms with Crippen molar-refractivity contribution in [3.05, 3.63) is 123 Å². The van der Waals surface area contributed by atoms with Crippen LogP contribution in [0.1, 0.15) is 80.0 Å². The van der Waals surface area contributed by atoms with Crippen LogP contribution in [0.5, 0.6) is 17.2 Å². The number of hydrogen-bond acceptors (Lipinski definition) is 12. The van der Waals surface area contributed by atoms with Gasteiger partial charge in [-0.05, 0) is 129 Å². The number of nitro benzene ring substituents is 1. The molecule has 1 aliphatic heterocycles. The molecule has 1 fully saturated rings. The minimum absolute atomic E-state index is 0.0105. The Labute approximate surface area is 376 Å². The Kier molecular flexibility index (Phi) is 17.3. The van der Waals surface area contributed by atoms with Crippen molar-refractivity contribution in [2.45, 2.75) is 83.5 Å². The molecule has 14 heteroatoms. The number of carbonyl (C=O) groups is 1. The summed E-state index contributed by atoms with van der Waals surface area (Å²) in [7, 11) is 0. The molecule has 0 bridgehead atoms. The second-order valence-electron chi connectivity index (χ2n) is 16.6. The van der Waals surface area contributed by atoms with Gasteiger partial charge in [0.15, 0.2) is 0 Å². The molecular formula is C50H63N3O11. The highest BCUT2D eigenvalue weighted by Crippen LogP contribution is 2.62. The third-order valence-corrected chi connectivity index (χ3v) is 12.6. The van der Waals surface area contributed by atoms with Crippen LogP contribution in [0.25, 0.3) is 6.08 Å². The van der Waals surface area contributed by atoms with E-state index in [1.165, 1.54) is 18.2 Å². The average Bonchev–Trinajstić information content (AvgIpc) is 3.29. The lowest BCUT2D eigenvalue weighted by Crippen LogP contribution is -2.70. The van der Waals surface area contributed by atoms with Gasteiger partial charge >= 0.3 is 0 Å². The molecule has 64 heavy (non-hydrogen) atoms. The number of allylic oxidation sites excluding steroid dienone is 1. The highest BCUT2D eigenvalue weighted by molar-refractivity contribution is 6.03. The first-order valence-corrected chi connectivity index (χ1v) is 22.5. The summed E-state index contributed by atoms with van der Waals surface area (Å²) in [5.41, 5.74) is 5.28. The largest absolute Gasteiger partial charge is 0.459 e. The highest BCUT2D eigenvalue weighted by Gasteiger charge is 2.65. The maximum absolute atomic E-state index is 14.8. The third kappa shape index (κ3) is 11.1. The lowest BCUT2D eigenvalue weighted by atomic mass is 9.55. The molecule has 0 radical (unpaired) electrons. The number of unbranched alkanes of at least 4 members (excludes halogenated alkanes) is 2. The van der Waals surface area contributed by atoms with Crippen LogP contribution in [-0.2, 0) is 19.1 Å². The van der Waals surface area contributed by atoms with Gasteiger partial charge in [0.05, 0.1) is 43.0 Å². The van der Waals surface area contributed by atoms with E-state index in [0.29, 0.717) is 48.0 Å². The molecule has 6 unspecified atom stereocenters. The summed E-state index contributed by atoms with van der Waals surface area (Å²) < 4.78 is 26.7. The van der Waals surface area contributed by atoms with E-state index in [9.17, 15) is 30.2 Å². The molecule has 1 heterocycles. The summed E-state index contributed by atoms with van der Waals surface area (Å²) in [6, 6.07) is 17.0. The Bertz CT molecular complexity index is 2150. The number of oxime groups is 1. The van der Waals surface area contributed by atoms with Crippen molar-refractivity contribution in [1.29, 1.82) is 0 Å². The van der Waals surface area contributed by atoms with Gasteiger partial charge in [-0.25, -0.2) is 0 Å². The number of benzene rings is 3. The summed E-state index contributed by atoms with van der Waals surface area (Å²) in [6.45, 7) is 10.6. The predicted octanol–water partition coefficient (Wildman–Crippen LogP) is 8.21. The molecule has 1 saturated carbocycles. The number of ether oxygens (including phenoxy) is 4. The first kappa shape index (κ1) is 48.1. The summed E-state index contributed by atoms with van der Waals surface area (Å²) in [5, 5.41) is 45.6. The van der Waals surface area contributed by atoms with Crippen molar-refractivity contribution >= 4 is 23.4 Å². The van der Waals surface area contributed by atoms with Crippen molar-refractivity contribution in [2.24, 2.45) is 22.9 Å². The average molecular weight is 882 g/mol. The molecule has 3 aliphatic rings. The van der Waals surface area contributed by atoms with Gasteiger partial charge in [-0.3, -0.25) is 14.9 Å². The number of amides is 1. The van der Waals surface area contributed by atoms with Crippen molar-refractivity contribution in [1.82, 2.24) is 4.90 Å². The lowest BCUT2D eigenvalue weighted by Gasteiger charge is -2.60. The number of hydrogen-bond donors (Lipinski definition) is 3. The fourth-order valence-electron chi connectivity index (χ4n) is 9.49. The molecule has 3 aromatic carbocycles. The minimum Gasteiger partial charge on any atom is -0.459 e. The number of non-ortho nitro benzene ring substituents is 1. The number of rotatable bonds is 24. The maximum atomic E-state index is 14.8. The zero-order valence-corrected chi connectivity index (χ0v) is 37.2. The third-order valence-electron chi connectivity index (χ3n) is 12.6. The second kappa shape index (κ2) is 23.0. The van der Waals surface area contributed by atoms with Crippen molar-refractivity contribution in [3.8, 4) is 17.2 Å². The fraction of sp³-hybridized carbons (Fsp3) is 0.480. The van der Waals surface area contributed by atoms with Crippen LogP contribution < -0.4 is 9.47 Å². The molecule has 1 amide bonds. The Hall–Kier alpha value is -5.38. The van der Waals surface area contributed by atoms with Crippen LogP contribution in [0, 0.1) is 41.7 Å². The van der Waals surface area contributed by atoms with Gasteiger partial charge < -0.3 is 44.0 Å². The topological polar surface area (TPSA) is 183 Å². The van der Waals surface area contributed by atoms with Crippen molar-refractivity contribution < 1.29 is 48.8 Å². The number of aliphatic hydroxyl groups excluding tert-OH is 3. The standard InChI is InChI=1S/C50H63N3O11/c1-5-27-61-50-46(52(23-28-60-29-26-56)47(57)22-16-36-14-17-38(18-15-36)53(58)59)33-44(51-62-6-2)42-31-37(11-7-9-24-54)41(12-8-10-25-55)48(49(42)50)43-32-40(20-21-45(43)64-50)63-39-19-13-34(3)35(4)30-39/h5,13-22,30-32,37,41,46,48-49,54-56H,1,6-12,23-29,33H2,2-4H3. The summed E-state index contributed by atoms with van der Waals surface area (Å²) in [4.78, 5) is 33.2. The first-order valence-electron chi connectivity index (χ1n) is 22.5. The molecule has 3 aromatic rings. The predicted molar refractivity (Wildman–Crippen MR) is 244 cm³/mol. The van der Waals surface area contributed by atoms with Gasteiger partial charge in [0.25, 0.3) is 5.69 Å². The van der Waals surface area contributed by atoms with E-state index < -0.39 is 22.7 Å². The number of nitro groups is 1. The van der Waals surface area contributed by atoms with Gasteiger partial charge in [-0.1, -0.05) is 36.2 Å². The highest BCUT2D eigenvalue weighted by atomic mass is 16.7. The molecule has 0 saturated heterocycles. The van der Waals surface area contributed by atoms with E-state index in [1.54, 1.807) is 29.2 Å². The smallest absolute Gasteiger partial charge is 0.269 e. The van der Waals surface area contributed by atoms with Crippen molar-refractivity contribution in [3.63, 3.8) is 0 Å². The van der Waals surface area contributed by atoms with E-state index in [0.717, 1.165) is 47.9 Å². The molecule has 3 N–H and O–H groups in total. The van der Waals surface area contributed by atoms with Crippen LogP contribution in [-0.4, -0.2) is 101 Å². The van der Waals surface area contributed by atoms with Gasteiger partial charge in [0, 0.05) is 55.9 Å². The van der Waals surface area contributed by atoms with Crippen LogP contribution in [0.15, 0.2) is 96.2 Å². The zero-order valence-electron chi connectivity index (χ0n) is 37.2. The SMILES string of the molecule is C=CCOC12Oc3ccc(Oc4ccc(C)c(C)c4)cc3C3C(CCCCO)C(CCCCO)C=C(C(=NOCC)CC1N(CCOCCO)C(=O)C=Cc1ccc([N+](=O)[O-])cc1)C32. The number of nitrogens with zero attached hydrogens (tertiary/aromatic N) is 3. The summed E-state index contributed by atoms with van der Waals surface area (Å²) in [5.74, 6) is -0.699.